The van der Waals surface area contributed by atoms with Crippen LogP contribution in [-0.4, -0.2) is 46.2 Å². The number of fused-ring (bicyclic) bond motifs is 1. The highest BCUT2D eigenvalue weighted by atomic mass is 32.1. The molecule has 2 N–H and O–H groups in total. The zero-order valence-corrected chi connectivity index (χ0v) is 15.1. The van der Waals surface area contributed by atoms with E-state index in [9.17, 15) is 9.90 Å². The van der Waals surface area contributed by atoms with Crippen molar-refractivity contribution >= 4 is 33.3 Å². The topological polar surface area (TPSA) is 78.4 Å². The molecule has 1 fully saturated rings. The first-order valence-corrected chi connectivity index (χ1v) is 9.16. The summed E-state index contributed by atoms with van der Waals surface area (Å²) in [4.78, 5) is 24.3. The number of thiophene rings is 1. The quantitative estimate of drug-likeness (QED) is 0.885. The van der Waals surface area contributed by atoms with Crippen LogP contribution in [-0.2, 0) is 4.79 Å². The van der Waals surface area contributed by atoms with E-state index in [2.05, 4.69) is 20.2 Å². The number of amides is 1. The highest BCUT2D eigenvalue weighted by molar-refractivity contribution is 7.16. The second-order valence-electron chi connectivity index (χ2n) is 7.32. The predicted octanol–water partition coefficient (Wildman–Crippen LogP) is 2.18. The van der Waals surface area contributed by atoms with Gasteiger partial charge in [-0.15, -0.1) is 11.3 Å². The second-order valence-corrected chi connectivity index (χ2v) is 8.21. The third-order valence-electron chi connectivity index (χ3n) is 4.54. The fraction of sp³-hybridized carbons (Fsp3) is 0.588. The van der Waals surface area contributed by atoms with Crippen molar-refractivity contribution in [1.29, 1.82) is 0 Å². The Morgan fingerprint density at radius 1 is 1.50 bits per heavy atom. The Labute approximate surface area is 145 Å². The first-order valence-electron chi connectivity index (χ1n) is 8.28. The Morgan fingerprint density at radius 3 is 3.04 bits per heavy atom. The lowest BCUT2D eigenvalue weighted by Crippen LogP contribution is -2.47. The number of nitrogens with one attached hydrogen (secondary N) is 1. The fourth-order valence-corrected chi connectivity index (χ4v) is 3.65. The minimum absolute atomic E-state index is 0.0437. The molecule has 3 rings (SSSR count). The van der Waals surface area contributed by atoms with Crippen LogP contribution in [0.3, 0.4) is 0 Å². The van der Waals surface area contributed by atoms with Gasteiger partial charge < -0.3 is 15.3 Å². The van der Waals surface area contributed by atoms with Gasteiger partial charge in [-0.3, -0.25) is 4.79 Å². The molecule has 2 aromatic heterocycles. The van der Waals surface area contributed by atoms with Gasteiger partial charge in [-0.2, -0.15) is 0 Å². The molecule has 0 saturated carbocycles. The van der Waals surface area contributed by atoms with Gasteiger partial charge in [0.05, 0.1) is 11.5 Å². The van der Waals surface area contributed by atoms with Gasteiger partial charge in [0.2, 0.25) is 5.91 Å². The average molecular weight is 348 g/mol. The van der Waals surface area contributed by atoms with Crippen molar-refractivity contribution in [3.63, 3.8) is 0 Å². The summed E-state index contributed by atoms with van der Waals surface area (Å²) in [5.74, 6) is 0.785. The van der Waals surface area contributed by atoms with Crippen molar-refractivity contribution in [3.05, 3.63) is 17.8 Å². The maximum Gasteiger partial charge on any atom is 0.242 e. The van der Waals surface area contributed by atoms with Gasteiger partial charge in [-0.05, 0) is 29.7 Å². The first kappa shape index (κ1) is 17.1. The van der Waals surface area contributed by atoms with Gasteiger partial charge >= 0.3 is 0 Å². The monoisotopic (exact) mass is 348 g/mol. The van der Waals surface area contributed by atoms with Crippen LogP contribution >= 0.6 is 11.3 Å². The molecule has 0 spiro atoms. The van der Waals surface area contributed by atoms with Crippen LogP contribution in [0.15, 0.2) is 17.8 Å². The lowest BCUT2D eigenvalue weighted by molar-refractivity contribution is -0.123. The van der Waals surface area contributed by atoms with Gasteiger partial charge in [0.1, 0.15) is 23.0 Å². The third-order valence-corrected chi connectivity index (χ3v) is 5.36. The number of anilines is 1. The fourth-order valence-electron chi connectivity index (χ4n) is 2.92. The largest absolute Gasteiger partial charge is 0.391 e. The molecule has 130 valence electrons. The minimum atomic E-state index is -0.570. The zero-order valence-electron chi connectivity index (χ0n) is 14.3. The molecule has 24 heavy (non-hydrogen) atoms. The highest BCUT2D eigenvalue weighted by Gasteiger charge is 2.33. The number of aliphatic hydroxyl groups is 1. The minimum Gasteiger partial charge on any atom is -0.391 e. The number of carbonyl (C=O) groups excluding carboxylic acids is 1. The van der Waals surface area contributed by atoms with E-state index in [1.165, 1.54) is 0 Å². The maximum atomic E-state index is 12.6. The number of aliphatic hydroxyl groups excluding tert-OH is 1. The molecule has 1 saturated heterocycles. The lowest BCUT2D eigenvalue weighted by Gasteiger charge is -2.28. The summed E-state index contributed by atoms with van der Waals surface area (Å²) in [5.41, 5.74) is -0.252. The molecule has 2 atom stereocenters. The molecule has 1 aliphatic rings. The summed E-state index contributed by atoms with van der Waals surface area (Å²) >= 11 is 1.58. The summed E-state index contributed by atoms with van der Waals surface area (Å²) < 4.78 is 0. The van der Waals surface area contributed by atoms with Crippen LogP contribution in [0.5, 0.6) is 0 Å². The van der Waals surface area contributed by atoms with E-state index in [0.717, 1.165) is 35.4 Å². The Balaban J connectivity index is 1.74. The number of hydrogen-bond acceptors (Lipinski definition) is 6. The summed E-state index contributed by atoms with van der Waals surface area (Å²) in [6, 6.07) is 1.77. The Morgan fingerprint density at radius 2 is 2.29 bits per heavy atom. The maximum absolute atomic E-state index is 12.6. The second kappa shape index (κ2) is 6.64. The van der Waals surface area contributed by atoms with E-state index in [1.807, 2.05) is 32.2 Å². The van der Waals surface area contributed by atoms with Gasteiger partial charge in [-0.1, -0.05) is 20.8 Å². The number of carbonyl (C=O) groups is 1. The van der Waals surface area contributed by atoms with Crippen molar-refractivity contribution in [1.82, 2.24) is 15.3 Å². The number of hydrogen-bond donors (Lipinski definition) is 2. The van der Waals surface area contributed by atoms with E-state index in [-0.39, 0.29) is 23.9 Å². The van der Waals surface area contributed by atoms with Crippen LogP contribution in [0.2, 0.25) is 0 Å². The molecule has 0 radical (unpaired) electrons. The summed E-state index contributed by atoms with van der Waals surface area (Å²) in [6.07, 6.45) is 2.74. The van der Waals surface area contributed by atoms with Crippen molar-refractivity contribution in [2.75, 3.05) is 18.0 Å². The molecule has 6 nitrogen and oxygen atoms in total. The van der Waals surface area contributed by atoms with Gasteiger partial charge in [-0.25, -0.2) is 9.97 Å². The Kier molecular flexibility index (Phi) is 4.73. The van der Waals surface area contributed by atoms with E-state index in [1.54, 1.807) is 17.7 Å². The lowest BCUT2D eigenvalue weighted by atomic mass is 9.89. The highest BCUT2D eigenvalue weighted by Crippen LogP contribution is 2.31. The van der Waals surface area contributed by atoms with Crippen molar-refractivity contribution in [2.45, 2.75) is 45.8 Å². The van der Waals surface area contributed by atoms with Crippen LogP contribution < -0.4 is 10.2 Å². The normalized spacial score (nSPS) is 19.7. The van der Waals surface area contributed by atoms with Crippen LogP contribution in [0.25, 0.3) is 10.2 Å². The SMILES string of the molecule is CC(C)(C)C(O)CNC(=O)C1CCCN1c1ncnc2sccc12. The molecular weight excluding hydrogens is 324 g/mol. The van der Waals surface area contributed by atoms with E-state index < -0.39 is 6.10 Å². The molecule has 0 aliphatic carbocycles. The molecule has 0 aromatic carbocycles. The van der Waals surface area contributed by atoms with Crippen molar-refractivity contribution in [3.8, 4) is 0 Å². The van der Waals surface area contributed by atoms with E-state index in [0.29, 0.717) is 0 Å². The average Bonchev–Trinajstić information content (AvgIpc) is 3.19. The molecular formula is C17H24N4O2S. The number of nitrogens with zero attached hydrogens (tertiary/aromatic N) is 3. The Hall–Kier alpha value is -1.73. The van der Waals surface area contributed by atoms with Crippen molar-refractivity contribution in [2.24, 2.45) is 5.41 Å². The van der Waals surface area contributed by atoms with Gasteiger partial charge in [0.25, 0.3) is 0 Å². The van der Waals surface area contributed by atoms with Gasteiger partial charge in [0, 0.05) is 13.1 Å². The predicted molar refractivity (Wildman–Crippen MR) is 96.3 cm³/mol. The first-order chi connectivity index (χ1) is 11.4. The number of rotatable bonds is 4. The van der Waals surface area contributed by atoms with Crippen LogP contribution in [0, 0.1) is 5.41 Å². The van der Waals surface area contributed by atoms with E-state index in [4.69, 9.17) is 0 Å². The molecule has 2 aromatic rings. The van der Waals surface area contributed by atoms with Gasteiger partial charge in [0.15, 0.2) is 0 Å². The summed E-state index contributed by atoms with van der Waals surface area (Å²) in [6.45, 7) is 6.95. The van der Waals surface area contributed by atoms with Crippen LogP contribution in [0.4, 0.5) is 5.82 Å². The van der Waals surface area contributed by atoms with Crippen molar-refractivity contribution < 1.29 is 9.90 Å². The zero-order chi connectivity index (χ0) is 17.3. The Bertz CT molecular complexity index is 725. The number of aromatic nitrogens is 2. The molecule has 3 heterocycles. The summed E-state index contributed by atoms with van der Waals surface area (Å²) in [7, 11) is 0. The molecule has 7 heteroatoms. The molecule has 0 bridgehead atoms. The molecule has 1 aliphatic heterocycles. The standard InChI is InChI=1S/C17H24N4O2S/c1-17(2,3)13(22)9-18-15(23)12-5-4-7-21(12)14-11-6-8-24-16(11)20-10-19-14/h6,8,10,12-13,22H,4-5,7,9H2,1-3H3,(H,18,23). The summed E-state index contributed by atoms with van der Waals surface area (Å²) in [5, 5.41) is 16.0. The van der Waals surface area contributed by atoms with Crippen LogP contribution in [0.1, 0.15) is 33.6 Å². The third kappa shape index (κ3) is 3.37. The molecule has 1 amide bonds. The smallest absolute Gasteiger partial charge is 0.242 e. The van der Waals surface area contributed by atoms with E-state index >= 15 is 0 Å². The molecule has 2 unspecified atom stereocenters.